The molecule has 0 aliphatic carbocycles. The number of hydrogen-bond acceptors (Lipinski definition) is 2. The Morgan fingerprint density at radius 2 is 1.26 bits per heavy atom. The second-order valence-corrected chi connectivity index (χ2v) is 15.4. The summed E-state index contributed by atoms with van der Waals surface area (Å²) < 4.78 is 6.21. The van der Waals surface area contributed by atoms with Gasteiger partial charge in [-0.25, -0.2) is 0 Å². The van der Waals surface area contributed by atoms with Crippen molar-refractivity contribution in [2.75, 3.05) is 4.90 Å². The SMILES string of the molecule is CC(C)(C)c1cccc(N2c3cc(C(C)(C)C)ccc3B3c4ccccc4-c4cc(-c5ccc6oc7ccccc7c6c5)cc2c43)c1. The second-order valence-electron chi connectivity index (χ2n) is 15.4. The second kappa shape index (κ2) is 9.75. The Labute approximate surface area is 277 Å². The van der Waals surface area contributed by atoms with Gasteiger partial charge in [-0.1, -0.05) is 120 Å². The maximum atomic E-state index is 6.21. The minimum atomic E-state index is 0.0254. The number of rotatable bonds is 2. The molecule has 3 heteroatoms. The van der Waals surface area contributed by atoms with Gasteiger partial charge >= 0.3 is 0 Å². The van der Waals surface area contributed by atoms with Crippen LogP contribution in [-0.4, -0.2) is 6.71 Å². The summed E-state index contributed by atoms with van der Waals surface area (Å²) in [7, 11) is 0. The van der Waals surface area contributed by atoms with E-state index in [0.717, 1.165) is 21.9 Å². The van der Waals surface area contributed by atoms with Gasteiger partial charge in [0.1, 0.15) is 11.2 Å². The first-order chi connectivity index (χ1) is 22.6. The van der Waals surface area contributed by atoms with Gasteiger partial charge in [-0.3, -0.25) is 0 Å². The van der Waals surface area contributed by atoms with Crippen molar-refractivity contribution in [2.24, 2.45) is 0 Å². The lowest BCUT2D eigenvalue weighted by atomic mass is 9.37. The van der Waals surface area contributed by atoms with Gasteiger partial charge < -0.3 is 9.32 Å². The summed E-state index contributed by atoms with van der Waals surface area (Å²) in [6, 6.07) is 45.3. The number of anilines is 3. The van der Waals surface area contributed by atoms with Gasteiger partial charge in [0, 0.05) is 27.8 Å². The first-order valence-corrected chi connectivity index (χ1v) is 16.8. The van der Waals surface area contributed by atoms with Crippen molar-refractivity contribution in [1.29, 1.82) is 0 Å². The molecule has 0 atom stereocenters. The molecule has 0 N–H and O–H groups in total. The minimum absolute atomic E-state index is 0.0254. The molecule has 2 nitrogen and oxygen atoms in total. The lowest BCUT2D eigenvalue weighted by Gasteiger charge is -2.38. The number of fused-ring (bicyclic) bond motifs is 8. The van der Waals surface area contributed by atoms with Crippen LogP contribution in [0.2, 0.25) is 0 Å². The summed E-state index contributed by atoms with van der Waals surface area (Å²) in [6.07, 6.45) is 0. The first-order valence-electron chi connectivity index (χ1n) is 16.8. The molecule has 0 amide bonds. The third-order valence-electron chi connectivity index (χ3n) is 10.4. The van der Waals surface area contributed by atoms with Gasteiger partial charge in [0.25, 0.3) is 0 Å². The van der Waals surface area contributed by atoms with Crippen LogP contribution in [-0.2, 0) is 10.8 Å². The summed E-state index contributed by atoms with van der Waals surface area (Å²) in [6.45, 7) is 14.0. The van der Waals surface area contributed by atoms with E-state index in [2.05, 4.69) is 162 Å². The van der Waals surface area contributed by atoms with E-state index in [1.165, 1.54) is 66.8 Å². The van der Waals surface area contributed by atoms with Gasteiger partial charge in [-0.2, -0.15) is 0 Å². The highest BCUT2D eigenvalue weighted by Crippen LogP contribution is 2.45. The van der Waals surface area contributed by atoms with Gasteiger partial charge in [0.2, 0.25) is 6.71 Å². The van der Waals surface area contributed by atoms with Crippen LogP contribution < -0.4 is 21.3 Å². The maximum absolute atomic E-state index is 6.21. The molecule has 3 heterocycles. The van der Waals surface area contributed by atoms with Crippen molar-refractivity contribution < 1.29 is 4.42 Å². The molecule has 0 fully saturated rings. The predicted octanol–water partition coefficient (Wildman–Crippen LogP) is 10.1. The summed E-state index contributed by atoms with van der Waals surface area (Å²) in [5.41, 5.74) is 17.6. The Bertz CT molecular complexity index is 2400. The van der Waals surface area contributed by atoms with Gasteiger partial charge in [-0.05, 0) is 104 Å². The molecule has 0 saturated heterocycles. The van der Waals surface area contributed by atoms with Crippen molar-refractivity contribution >= 4 is 62.1 Å². The summed E-state index contributed by atoms with van der Waals surface area (Å²) in [5, 5.41) is 2.31. The molecule has 1 aromatic heterocycles. The van der Waals surface area contributed by atoms with E-state index in [4.69, 9.17) is 4.42 Å². The number of nitrogens with zero attached hydrogens (tertiary/aromatic N) is 1. The molecule has 0 saturated carbocycles. The van der Waals surface area contributed by atoms with Crippen LogP contribution in [0.15, 0.2) is 126 Å². The van der Waals surface area contributed by atoms with E-state index in [1.54, 1.807) is 0 Å². The fraction of sp³-hybridized carbons (Fsp3) is 0.182. The van der Waals surface area contributed by atoms with Crippen LogP contribution >= 0.6 is 0 Å². The van der Waals surface area contributed by atoms with Crippen molar-refractivity contribution in [2.45, 2.75) is 52.4 Å². The predicted molar refractivity (Wildman–Crippen MR) is 201 cm³/mol. The Kier molecular flexibility index (Phi) is 5.85. The van der Waals surface area contributed by atoms with Crippen LogP contribution in [0.5, 0.6) is 0 Å². The molecule has 228 valence electrons. The molecule has 7 aromatic rings. The van der Waals surface area contributed by atoms with Crippen LogP contribution in [0.4, 0.5) is 17.1 Å². The number of benzene rings is 6. The monoisotopic (exact) mass is 607 g/mol. The van der Waals surface area contributed by atoms with E-state index in [1.807, 2.05) is 6.07 Å². The van der Waals surface area contributed by atoms with E-state index in [9.17, 15) is 0 Å². The molecule has 9 rings (SSSR count). The van der Waals surface area contributed by atoms with Crippen molar-refractivity contribution in [1.82, 2.24) is 0 Å². The Morgan fingerprint density at radius 1 is 0.511 bits per heavy atom. The molecule has 6 aromatic carbocycles. The van der Waals surface area contributed by atoms with E-state index >= 15 is 0 Å². The van der Waals surface area contributed by atoms with Crippen LogP contribution in [0, 0.1) is 0 Å². The fourth-order valence-electron chi connectivity index (χ4n) is 7.86. The van der Waals surface area contributed by atoms with Crippen LogP contribution in [0.25, 0.3) is 44.2 Å². The quantitative estimate of drug-likeness (QED) is 0.182. The number of hydrogen-bond donors (Lipinski definition) is 0. The van der Waals surface area contributed by atoms with Crippen molar-refractivity contribution in [3.8, 4) is 22.3 Å². The number of furan rings is 1. The molecule has 0 unspecified atom stereocenters. The van der Waals surface area contributed by atoms with Crippen molar-refractivity contribution in [3.63, 3.8) is 0 Å². The maximum Gasteiger partial charge on any atom is 0.248 e. The average Bonchev–Trinajstić information content (AvgIpc) is 3.60. The van der Waals surface area contributed by atoms with Gasteiger partial charge in [0.05, 0.1) is 0 Å². The van der Waals surface area contributed by atoms with E-state index in [-0.39, 0.29) is 17.5 Å². The standard InChI is InChI=1S/C44H38BNO/c1-43(2,3)29-12-11-13-31(25-29)46-38-26-30(44(4,5)6)19-20-37(38)45-36-16-9-7-14-32(36)35-23-28(24-39(46)42(35)45)27-18-21-41-34(22-27)33-15-8-10-17-40(33)47-41/h7-26H,1-6H3. The summed E-state index contributed by atoms with van der Waals surface area (Å²) in [4.78, 5) is 2.55. The van der Waals surface area contributed by atoms with E-state index in [0.29, 0.717) is 0 Å². The molecule has 47 heavy (non-hydrogen) atoms. The first kappa shape index (κ1) is 28.2. The average molecular weight is 608 g/mol. The molecule has 2 aliphatic rings. The highest BCUT2D eigenvalue weighted by atomic mass is 16.3. The highest BCUT2D eigenvalue weighted by Gasteiger charge is 2.43. The zero-order valence-electron chi connectivity index (χ0n) is 28.0. The largest absolute Gasteiger partial charge is 0.456 e. The number of para-hydroxylation sites is 1. The lowest BCUT2D eigenvalue weighted by molar-refractivity contribution is 0.590. The Balaban J connectivity index is 1.35. The Hall–Kier alpha value is -5.02. The zero-order chi connectivity index (χ0) is 32.2. The van der Waals surface area contributed by atoms with Crippen LogP contribution in [0.3, 0.4) is 0 Å². The highest BCUT2D eigenvalue weighted by molar-refractivity contribution is 7.01. The fourth-order valence-corrected chi connectivity index (χ4v) is 7.86. The Morgan fingerprint density at radius 3 is 2.09 bits per heavy atom. The summed E-state index contributed by atoms with van der Waals surface area (Å²) in [5.74, 6) is 0. The molecule has 0 bridgehead atoms. The normalized spacial score (nSPS) is 13.7. The topological polar surface area (TPSA) is 16.4 Å². The molecular weight excluding hydrogens is 569 g/mol. The third kappa shape index (κ3) is 4.26. The lowest BCUT2D eigenvalue weighted by Crippen LogP contribution is -2.54. The van der Waals surface area contributed by atoms with Crippen LogP contribution in [0.1, 0.15) is 52.7 Å². The minimum Gasteiger partial charge on any atom is -0.456 e. The van der Waals surface area contributed by atoms with Gasteiger partial charge in [-0.15, -0.1) is 0 Å². The van der Waals surface area contributed by atoms with Crippen molar-refractivity contribution in [3.05, 3.63) is 132 Å². The molecular formula is C44H38BNO. The third-order valence-corrected chi connectivity index (χ3v) is 10.4. The zero-order valence-corrected chi connectivity index (χ0v) is 28.0. The van der Waals surface area contributed by atoms with E-state index < -0.39 is 0 Å². The molecule has 0 radical (unpaired) electrons. The molecule has 2 aliphatic heterocycles. The smallest absolute Gasteiger partial charge is 0.248 e. The molecule has 0 spiro atoms. The summed E-state index contributed by atoms with van der Waals surface area (Å²) >= 11 is 0. The van der Waals surface area contributed by atoms with Gasteiger partial charge in [0.15, 0.2) is 0 Å².